The van der Waals surface area contributed by atoms with Crippen LogP contribution in [0.1, 0.15) is 76.3 Å². The van der Waals surface area contributed by atoms with Gasteiger partial charge in [0.25, 0.3) is 0 Å². The molecule has 0 radical (unpaired) electrons. The summed E-state index contributed by atoms with van der Waals surface area (Å²) in [6, 6.07) is 17.8. The summed E-state index contributed by atoms with van der Waals surface area (Å²) in [6.07, 6.45) is 13.3. The van der Waals surface area contributed by atoms with Crippen LogP contribution in [0.25, 0.3) is 11.1 Å². The second-order valence-corrected chi connectivity index (χ2v) is 6.93. The third-order valence-corrected chi connectivity index (χ3v) is 4.91. The highest BCUT2D eigenvalue weighted by atomic mass is 14.1. The number of hydrogen-bond donors (Lipinski definition) is 0. The average molecular weight is 323 g/mol. The molecule has 24 heavy (non-hydrogen) atoms. The predicted octanol–water partition coefficient (Wildman–Crippen LogP) is 7.60. The molecule has 0 heterocycles. The van der Waals surface area contributed by atoms with Crippen molar-refractivity contribution in [3.8, 4) is 11.1 Å². The molecule has 0 amide bonds. The van der Waals surface area contributed by atoms with Crippen LogP contribution in [0.4, 0.5) is 0 Å². The van der Waals surface area contributed by atoms with Crippen LogP contribution in [0.3, 0.4) is 0 Å². The molecule has 0 aliphatic carbocycles. The Morgan fingerprint density at radius 1 is 0.583 bits per heavy atom. The zero-order valence-electron chi connectivity index (χ0n) is 15.7. The molecule has 0 aliphatic heterocycles. The molecule has 2 rings (SSSR count). The van der Waals surface area contributed by atoms with E-state index < -0.39 is 0 Å². The number of unbranched alkanes of at least 4 members (excludes halogenated alkanes) is 6. The summed E-state index contributed by atoms with van der Waals surface area (Å²) in [4.78, 5) is 0. The van der Waals surface area contributed by atoms with Crippen LogP contribution in [-0.4, -0.2) is 0 Å². The topological polar surface area (TPSA) is 0 Å². The molecule has 0 fully saturated rings. The van der Waals surface area contributed by atoms with Gasteiger partial charge in [-0.3, -0.25) is 0 Å². The van der Waals surface area contributed by atoms with Crippen LogP contribution in [0, 0.1) is 0 Å². The smallest absolute Gasteiger partial charge is 0.0149 e. The van der Waals surface area contributed by atoms with Gasteiger partial charge in [-0.15, -0.1) is 0 Å². The third kappa shape index (κ3) is 5.82. The summed E-state index contributed by atoms with van der Waals surface area (Å²) >= 11 is 0. The Balaban J connectivity index is 2.03. The molecular weight excluding hydrogens is 288 g/mol. The SMILES string of the molecule is CCCCCCCCCc1c(CCC)cccc1-c1ccccc1. The summed E-state index contributed by atoms with van der Waals surface area (Å²) in [7, 11) is 0. The van der Waals surface area contributed by atoms with E-state index in [1.54, 1.807) is 11.1 Å². The number of rotatable bonds is 11. The first-order valence-electron chi connectivity index (χ1n) is 10.0. The van der Waals surface area contributed by atoms with Gasteiger partial charge < -0.3 is 0 Å². The molecule has 0 saturated carbocycles. The van der Waals surface area contributed by atoms with Crippen molar-refractivity contribution in [2.75, 3.05) is 0 Å². The highest BCUT2D eigenvalue weighted by molar-refractivity contribution is 5.68. The first-order valence-corrected chi connectivity index (χ1v) is 10.0. The number of benzene rings is 2. The van der Waals surface area contributed by atoms with E-state index >= 15 is 0 Å². The lowest BCUT2D eigenvalue weighted by Crippen LogP contribution is -1.98. The molecule has 0 heteroatoms. The van der Waals surface area contributed by atoms with Gasteiger partial charge in [0.15, 0.2) is 0 Å². The van der Waals surface area contributed by atoms with E-state index in [4.69, 9.17) is 0 Å². The Hall–Kier alpha value is -1.56. The fourth-order valence-corrected chi connectivity index (χ4v) is 3.58. The van der Waals surface area contributed by atoms with Gasteiger partial charge in [0.05, 0.1) is 0 Å². The van der Waals surface area contributed by atoms with Crippen LogP contribution in [-0.2, 0) is 12.8 Å². The monoisotopic (exact) mass is 322 g/mol. The first-order chi connectivity index (χ1) is 11.9. The molecule has 130 valence electrons. The first kappa shape index (κ1) is 18.8. The molecule has 0 unspecified atom stereocenters. The van der Waals surface area contributed by atoms with Gasteiger partial charge >= 0.3 is 0 Å². The van der Waals surface area contributed by atoms with Gasteiger partial charge in [-0.2, -0.15) is 0 Å². The normalized spacial score (nSPS) is 10.9. The lowest BCUT2D eigenvalue weighted by Gasteiger charge is -2.15. The zero-order valence-corrected chi connectivity index (χ0v) is 15.7. The summed E-state index contributed by atoms with van der Waals surface area (Å²) in [5, 5.41) is 0. The molecule has 2 aromatic carbocycles. The van der Waals surface area contributed by atoms with E-state index in [0.29, 0.717) is 0 Å². The fraction of sp³-hybridized carbons (Fsp3) is 0.500. The molecular formula is C24H34. The molecule has 0 spiro atoms. The van der Waals surface area contributed by atoms with Crippen molar-refractivity contribution >= 4 is 0 Å². The Morgan fingerprint density at radius 2 is 1.29 bits per heavy atom. The maximum Gasteiger partial charge on any atom is -0.0149 e. The quantitative estimate of drug-likeness (QED) is 0.374. The van der Waals surface area contributed by atoms with E-state index in [2.05, 4.69) is 62.4 Å². The highest BCUT2D eigenvalue weighted by Gasteiger charge is 2.09. The molecule has 0 atom stereocenters. The molecule has 0 aliphatic rings. The van der Waals surface area contributed by atoms with Crippen molar-refractivity contribution in [1.82, 2.24) is 0 Å². The van der Waals surface area contributed by atoms with Crippen molar-refractivity contribution < 1.29 is 0 Å². The minimum Gasteiger partial charge on any atom is -0.0654 e. The average Bonchev–Trinajstić information content (AvgIpc) is 2.63. The third-order valence-electron chi connectivity index (χ3n) is 4.91. The Morgan fingerprint density at radius 3 is 2.00 bits per heavy atom. The molecule has 0 aromatic heterocycles. The molecule has 0 bridgehead atoms. The zero-order chi connectivity index (χ0) is 17.0. The van der Waals surface area contributed by atoms with E-state index in [9.17, 15) is 0 Å². The van der Waals surface area contributed by atoms with Gasteiger partial charge in [0, 0.05) is 0 Å². The maximum absolute atomic E-state index is 2.34. The van der Waals surface area contributed by atoms with E-state index in [1.807, 2.05) is 0 Å². The summed E-state index contributed by atoms with van der Waals surface area (Å²) in [5.41, 5.74) is 5.98. The number of hydrogen-bond acceptors (Lipinski definition) is 0. The number of aryl methyl sites for hydroxylation is 1. The summed E-state index contributed by atoms with van der Waals surface area (Å²) < 4.78 is 0. The molecule has 2 aromatic rings. The van der Waals surface area contributed by atoms with Crippen molar-refractivity contribution in [2.45, 2.75) is 78.1 Å². The standard InChI is InChI=1S/C24H34/c1-3-5-6-7-8-9-13-19-23-21(15-4-2)18-14-20-24(23)22-16-11-10-12-17-22/h10-12,14,16-18,20H,3-9,13,15,19H2,1-2H3. The van der Waals surface area contributed by atoms with Crippen molar-refractivity contribution in [3.05, 3.63) is 59.7 Å². The fourth-order valence-electron chi connectivity index (χ4n) is 3.58. The van der Waals surface area contributed by atoms with Crippen LogP contribution in [0.15, 0.2) is 48.5 Å². The van der Waals surface area contributed by atoms with E-state index in [-0.39, 0.29) is 0 Å². The Labute approximate surface area is 149 Å². The van der Waals surface area contributed by atoms with Crippen LogP contribution in [0.5, 0.6) is 0 Å². The van der Waals surface area contributed by atoms with Crippen LogP contribution >= 0.6 is 0 Å². The lowest BCUT2D eigenvalue weighted by molar-refractivity contribution is 0.588. The molecule has 0 N–H and O–H groups in total. The lowest BCUT2D eigenvalue weighted by atomic mass is 9.90. The summed E-state index contributed by atoms with van der Waals surface area (Å²) in [6.45, 7) is 4.57. The second kappa shape index (κ2) is 11.1. The van der Waals surface area contributed by atoms with E-state index in [1.165, 1.54) is 75.3 Å². The minimum absolute atomic E-state index is 1.20. The van der Waals surface area contributed by atoms with Gasteiger partial charge in [-0.1, -0.05) is 107 Å². The van der Waals surface area contributed by atoms with Gasteiger partial charge in [0.1, 0.15) is 0 Å². The van der Waals surface area contributed by atoms with Crippen molar-refractivity contribution in [1.29, 1.82) is 0 Å². The van der Waals surface area contributed by atoms with E-state index in [0.717, 1.165) is 0 Å². The minimum atomic E-state index is 1.20. The van der Waals surface area contributed by atoms with Gasteiger partial charge in [0.2, 0.25) is 0 Å². The maximum atomic E-state index is 2.34. The largest absolute Gasteiger partial charge is 0.0654 e. The van der Waals surface area contributed by atoms with Gasteiger partial charge in [-0.25, -0.2) is 0 Å². The molecule has 0 saturated heterocycles. The Bertz CT molecular complexity index is 568. The predicted molar refractivity (Wildman–Crippen MR) is 108 cm³/mol. The van der Waals surface area contributed by atoms with Gasteiger partial charge in [-0.05, 0) is 41.5 Å². The summed E-state index contributed by atoms with van der Waals surface area (Å²) in [5.74, 6) is 0. The molecule has 0 nitrogen and oxygen atoms in total. The van der Waals surface area contributed by atoms with Crippen molar-refractivity contribution in [3.63, 3.8) is 0 Å². The Kier molecular flexibility index (Phi) is 8.66. The van der Waals surface area contributed by atoms with Crippen molar-refractivity contribution in [2.24, 2.45) is 0 Å². The highest BCUT2D eigenvalue weighted by Crippen LogP contribution is 2.28. The van der Waals surface area contributed by atoms with Crippen LogP contribution < -0.4 is 0 Å². The van der Waals surface area contributed by atoms with Crippen LogP contribution in [0.2, 0.25) is 0 Å². The second-order valence-electron chi connectivity index (χ2n) is 6.93.